The van der Waals surface area contributed by atoms with Crippen molar-refractivity contribution in [3.05, 3.63) is 12.3 Å². The van der Waals surface area contributed by atoms with Crippen LogP contribution in [-0.2, 0) is 0 Å². The molecule has 0 atom stereocenters. The first kappa shape index (κ1) is 18.3. The van der Waals surface area contributed by atoms with E-state index in [0.29, 0.717) is 0 Å². The Kier molecular flexibility index (Phi) is 24.8. The molecule has 0 bridgehead atoms. The fraction of sp³-hybridized carbons (Fsp3) is 0.833. The van der Waals surface area contributed by atoms with E-state index in [1.807, 2.05) is 20.8 Å². The molecule has 1 nitrogen and oxygen atoms in total. The van der Waals surface area contributed by atoms with Crippen LogP contribution in [-0.4, -0.2) is 18.5 Å². The van der Waals surface area contributed by atoms with Crippen LogP contribution in [0.1, 0.15) is 54.4 Å². The van der Waals surface area contributed by atoms with Crippen LogP contribution in [0, 0.1) is 0 Å². The van der Waals surface area contributed by atoms with Crippen LogP contribution in [0.25, 0.3) is 0 Å². The summed E-state index contributed by atoms with van der Waals surface area (Å²) in [7, 11) is 2.06. The average molecular weight is 187 g/mol. The van der Waals surface area contributed by atoms with Crippen molar-refractivity contribution in [2.75, 3.05) is 13.6 Å². The van der Waals surface area contributed by atoms with E-state index in [4.69, 9.17) is 0 Å². The third kappa shape index (κ3) is 24.6. The van der Waals surface area contributed by atoms with Crippen molar-refractivity contribution in [2.24, 2.45) is 0 Å². The minimum atomic E-state index is 1.12. The molecule has 0 rings (SSSR count). The van der Waals surface area contributed by atoms with Crippen molar-refractivity contribution >= 4 is 0 Å². The quantitative estimate of drug-likeness (QED) is 0.636. The number of hydrogen-bond donors (Lipinski definition) is 0. The molecule has 0 aliphatic carbocycles. The average Bonchev–Trinajstić information content (AvgIpc) is 2.10. The zero-order valence-electron chi connectivity index (χ0n) is 10.8. The lowest BCUT2D eigenvalue weighted by Gasteiger charge is -2.16. The predicted molar refractivity (Wildman–Crippen MR) is 65.0 cm³/mol. The van der Waals surface area contributed by atoms with Crippen LogP contribution in [0.4, 0.5) is 0 Å². The zero-order chi connectivity index (χ0) is 11.3. The van der Waals surface area contributed by atoms with Gasteiger partial charge in [0.05, 0.1) is 0 Å². The first-order valence-electron chi connectivity index (χ1n) is 5.46. The summed E-state index contributed by atoms with van der Waals surface area (Å²) >= 11 is 0. The lowest BCUT2D eigenvalue weighted by atomic mass is 10.4. The van der Waals surface area contributed by atoms with Gasteiger partial charge in [0, 0.05) is 19.3 Å². The summed E-state index contributed by atoms with van der Waals surface area (Å²) < 4.78 is 0. The standard InChI is InChI=1S/C7H15N.C3H8.C2H6/c1-5-6-8(4)7(2)3;1-3-2;1-2/h2,5-6H2,1,3-4H3;3H2,1-2H3;1-2H3. The van der Waals surface area contributed by atoms with Crippen molar-refractivity contribution in [2.45, 2.75) is 54.4 Å². The normalized spacial score (nSPS) is 7.31. The topological polar surface area (TPSA) is 3.24 Å². The van der Waals surface area contributed by atoms with Crippen molar-refractivity contribution in [1.82, 2.24) is 4.90 Å². The molecular formula is C12H29N. The first-order chi connectivity index (χ1) is 6.09. The summed E-state index contributed by atoms with van der Waals surface area (Å²) in [6, 6.07) is 0. The summed E-state index contributed by atoms with van der Waals surface area (Å²) in [5.74, 6) is 0. The minimum absolute atomic E-state index is 1.12. The monoisotopic (exact) mass is 187 g/mol. The van der Waals surface area contributed by atoms with Crippen molar-refractivity contribution in [1.29, 1.82) is 0 Å². The smallest absolute Gasteiger partial charge is 0.0168 e. The molecule has 0 saturated heterocycles. The molecule has 0 unspecified atom stereocenters. The molecule has 0 aromatic heterocycles. The van der Waals surface area contributed by atoms with Crippen molar-refractivity contribution < 1.29 is 0 Å². The van der Waals surface area contributed by atoms with E-state index >= 15 is 0 Å². The molecule has 0 aliphatic heterocycles. The summed E-state index contributed by atoms with van der Waals surface area (Å²) in [5.41, 5.74) is 1.15. The second kappa shape index (κ2) is 17.6. The van der Waals surface area contributed by atoms with Gasteiger partial charge in [0.1, 0.15) is 0 Å². The Morgan fingerprint density at radius 1 is 1.15 bits per heavy atom. The van der Waals surface area contributed by atoms with E-state index in [2.05, 4.69) is 39.3 Å². The van der Waals surface area contributed by atoms with Gasteiger partial charge in [0.15, 0.2) is 0 Å². The van der Waals surface area contributed by atoms with Crippen LogP contribution in [0.3, 0.4) is 0 Å². The molecule has 13 heavy (non-hydrogen) atoms. The maximum absolute atomic E-state index is 3.80. The van der Waals surface area contributed by atoms with Crippen LogP contribution in [0.5, 0.6) is 0 Å². The van der Waals surface area contributed by atoms with Gasteiger partial charge in [0.25, 0.3) is 0 Å². The van der Waals surface area contributed by atoms with E-state index in [0.717, 1.165) is 12.2 Å². The van der Waals surface area contributed by atoms with Crippen LogP contribution < -0.4 is 0 Å². The van der Waals surface area contributed by atoms with E-state index in [-0.39, 0.29) is 0 Å². The maximum Gasteiger partial charge on any atom is 0.0168 e. The maximum atomic E-state index is 3.80. The summed E-state index contributed by atoms with van der Waals surface area (Å²) in [4.78, 5) is 2.15. The second-order valence-electron chi connectivity index (χ2n) is 2.86. The molecule has 0 N–H and O–H groups in total. The van der Waals surface area contributed by atoms with Gasteiger partial charge in [-0.15, -0.1) is 0 Å². The SMILES string of the molecule is C=C(C)N(C)CCC.CC.CCC. The third-order valence-electron chi connectivity index (χ3n) is 1.21. The van der Waals surface area contributed by atoms with E-state index in [1.165, 1.54) is 12.8 Å². The van der Waals surface area contributed by atoms with Gasteiger partial charge in [-0.25, -0.2) is 0 Å². The van der Waals surface area contributed by atoms with Gasteiger partial charge in [0.2, 0.25) is 0 Å². The molecule has 0 aromatic rings. The molecule has 0 amide bonds. The highest BCUT2D eigenvalue weighted by Gasteiger charge is 1.90. The fourth-order valence-corrected chi connectivity index (χ4v) is 0.526. The Bertz CT molecular complexity index is 87.1. The second-order valence-corrected chi connectivity index (χ2v) is 2.86. The molecule has 82 valence electrons. The van der Waals surface area contributed by atoms with Crippen LogP contribution >= 0.6 is 0 Å². The van der Waals surface area contributed by atoms with E-state index in [9.17, 15) is 0 Å². The molecule has 0 spiro atoms. The number of hydrogen-bond acceptors (Lipinski definition) is 1. The third-order valence-corrected chi connectivity index (χ3v) is 1.21. The Labute approximate surface area is 85.8 Å². The van der Waals surface area contributed by atoms with Crippen molar-refractivity contribution in [3.8, 4) is 0 Å². The largest absolute Gasteiger partial charge is 0.379 e. The van der Waals surface area contributed by atoms with Gasteiger partial charge in [-0.3, -0.25) is 0 Å². The Morgan fingerprint density at radius 3 is 1.54 bits per heavy atom. The lowest BCUT2D eigenvalue weighted by Crippen LogP contribution is -2.15. The number of allylic oxidation sites excluding steroid dienone is 1. The molecule has 0 aliphatic rings. The van der Waals surface area contributed by atoms with Crippen molar-refractivity contribution in [3.63, 3.8) is 0 Å². The van der Waals surface area contributed by atoms with Gasteiger partial charge in [-0.05, 0) is 13.3 Å². The first-order valence-corrected chi connectivity index (χ1v) is 5.46. The Morgan fingerprint density at radius 2 is 1.46 bits per heavy atom. The highest BCUT2D eigenvalue weighted by Crippen LogP contribution is 1.95. The van der Waals surface area contributed by atoms with Gasteiger partial charge in [-0.2, -0.15) is 0 Å². The molecule has 0 radical (unpaired) electrons. The highest BCUT2D eigenvalue weighted by atomic mass is 15.1. The molecule has 0 fully saturated rings. The highest BCUT2D eigenvalue weighted by molar-refractivity contribution is 4.85. The zero-order valence-corrected chi connectivity index (χ0v) is 10.8. The molecule has 0 aromatic carbocycles. The summed E-state index contributed by atoms with van der Waals surface area (Å²) in [6.07, 6.45) is 2.45. The Hall–Kier alpha value is -0.460. The van der Waals surface area contributed by atoms with Gasteiger partial charge >= 0.3 is 0 Å². The fourth-order valence-electron chi connectivity index (χ4n) is 0.526. The van der Waals surface area contributed by atoms with E-state index in [1.54, 1.807) is 0 Å². The predicted octanol–water partition coefficient (Wildman–Crippen LogP) is 4.30. The molecule has 1 heteroatoms. The Balaban J connectivity index is -0.000000169. The minimum Gasteiger partial charge on any atom is -0.379 e. The van der Waals surface area contributed by atoms with Gasteiger partial charge in [-0.1, -0.05) is 47.6 Å². The van der Waals surface area contributed by atoms with E-state index < -0.39 is 0 Å². The lowest BCUT2D eigenvalue weighted by molar-refractivity contribution is 0.420. The summed E-state index contributed by atoms with van der Waals surface area (Å²) in [6.45, 7) is 17.4. The van der Waals surface area contributed by atoms with Crippen LogP contribution in [0.2, 0.25) is 0 Å². The number of rotatable bonds is 3. The molecule has 0 heterocycles. The number of nitrogens with zero attached hydrogens (tertiary/aromatic N) is 1. The van der Waals surface area contributed by atoms with Crippen LogP contribution in [0.15, 0.2) is 12.3 Å². The molecular weight excluding hydrogens is 158 g/mol. The molecule has 0 saturated carbocycles. The summed E-state index contributed by atoms with van der Waals surface area (Å²) in [5, 5.41) is 0. The van der Waals surface area contributed by atoms with Gasteiger partial charge < -0.3 is 4.90 Å².